The number of benzene rings is 2. The highest BCUT2D eigenvalue weighted by molar-refractivity contribution is 5.90. The first-order valence-electron chi connectivity index (χ1n) is 10.9. The van der Waals surface area contributed by atoms with Crippen molar-refractivity contribution in [2.75, 3.05) is 29.9 Å². The van der Waals surface area contributed by atoms with Gasteiger partial charge < -0.3 is 15.5 Å². The topological polar surface area (TPSA) is 44.4 Å². The molecule has 1 saturated heterocycles. The lowest BCUT2D eigenvalue weighted by molar-refractivity contribution is -0.126. The van der Waals surface area contributed by atoms with Crippen molar-refractivity contribution in [2.24, 2.45) is 0 Å². The Bertz CT molecular complexity index is 801. The molecule has 31 heavy (non-hydrogen) atoms. The van der Waals surface area contributed by atoms with Gasteiger partial charge in [0.2, 0.25) is 5.91 Å². The molecular formula is C24H30F3N3O. The molecule has 1 amide bonds. The number of rotatable bonds is 9. The summed E-state index contributed by atoms with van der Waals surface area (Å²) < 4.78 is 37.0. The van der Waals surface area contributed by atoms with Crippen LogP contribution in [0.1, 0.15) is 37.7 Å². The second-order valence-electron chi connectivity index (χ2n) is 8.05. The average molecular weight is 434 g/mol. The molecule has 0 aromatic heterocycles. The van der Waals surface area contributed by atoms with Gasteiger partial charge >= 0.3 is 6.18 Å². The van der Waals surface area contributed by atoms with E-state index >= 15 is 0 Å². The van der Waals surface area contributed by atoms with Gasteiger partial charge in [0, 0.05) is 36.9 Å². The van der Waals surface area contributed by atoms with Crippen LogP contribution in [0.15, 0.2) is 54.6 Å². The average Bonchev–Trinajstić information content (AvgIpc) is 2.76. The van der Waals surface area contributed by atoms with E-state index in [-0.39, 0.29) is 11.9 Å². The SMILES string of the molecule is O=C(CCCCc1ccccc1)Nc1ccc(N2CCC(NCC(F)(F)F)CC2)cc1. The quantitative estimate of drug-likeness (QED) is 0.537. The highest BCUT2D eigenvalue weighted by atomic mass is 19.4. The molecule has 7 heteroatoms. The van der Waals surface area contributed by atoms with Crippen molar-refractivity contribution in [2.45, 2.75) is 50.7 Å². The van der Waals surface area contributed by atoms with Crippen molar-refractivity contribution < 1.29 is 18.0 Å². The van der Waals surface area contributed by atoms with Crippen LogP contribution in [0.25, 0.3) is 0 Å². The fourth-order valence-corrected chi connectivity index (χ4v) is 3.84. The second-order valence-corrected chi connectivity index (χ2v) is 8.05. The van der Waals surface area contributed by atoms with Crippen LogP contribution in [0.5, 0.6) is 0 Å². The van der Waals surface area contributed by atoms with E-state index in [0.29, 0.717) is 32.4 Å². The van der Waals surface area contributed by atoms with E-state index in [4.69, 9.17) is 0 Å². The van der Waals surface area contributed by atoms with Crippen molar-refractivity contribution in [3.05, 3.63) is 60.2 Å². The first-order chi connectivity index (χ1) is 14.9. The van der Waals surface area contributed by atoms with Gasteiger partial charge in [0.05, 0.1) is 6.54 Å². The molecule has 2 aromatic carbocycles. The fraction of sp³-hybridized carbons (Fsp3) is 0.458. The summed E-state index contributed by atoms with van der Waals surface area (Å²) in [5.41, 5.74) is 3.08. The Morgan fingerprint density at radius 3 is 2.29 bits per heavy atom. The molecule has 0 radical (unpaired) electrons. The third-order valence-corrected chi connectivity index (χ3v) is 5.56. The van der Waals surface area contributed by atoms with Gasteiger partial charge in [0.1, 0.15) is 0 Å². The Kier molecular flexibility index (Phi) is 8.35. The largest absolute Gasteiger partial charge is 0.401 e. The second kappa shape index (κ2) is 11.2. The van der Waals surface area contributed by atoms with Crippen LogP contribution < -0.4 is 15.5 Å². The van der Waals surface area contributed by atoms with E-state index in [1.54, 1.807) is 0 Å². The van der Waals surface area contributed by atoms with E-state index in [2.05, 4.69) is 27.7 Å². The molecule has 1 heterocycles. The summed E-state index contributed by atoms with van der Waals surface area (Å²) in [7, 11) is 0. The maximum atomic E-state index is 12.3. The Labute approximate surface area is 181 Å². The molecule has 0 spiro atoms. The van der Waals surface area contributed by atoms with Crippen molar-refractivity contribution in [1.82, 2.24) is 5.32 Å². The van der Waals surface area contributed by atoms with Crippen molar-refractivity contribution in [3.63, 3.8) is 0 Å². The number of piperidine rings is 1. The highest BCUT2D eigenvalue weighted by Gasteiger charge is 2.29. The molecule has 1 aliphatic rings. The third-order valence-electron chi connectivity index (χ3n) is 5.56. The van der Waals surface area contributed by atoms with E-state index in [1.807, 2.05) is 42.5 Å². The van der Waals surface area contributed by atoms with Crippen LogP contribution in [-0.2, 0) is 11.2 Å². The van der Waals surface area contributed by atoms with Crippen LogP contribution in [-0.4, -0.2) is 37.8 Å². The molecule has 0 bridgehead atoms. The van der Waals surface area contributed by atoms with Crippen LogP contribution in [0.3, 0.4) is 0 Å². The van der Waals surface area contributed by atoms with Gasteiger partial charge in [-0.15, -0.1) is 0 Å². The number of hydrogen-bond donors (Lipinski definition) is 2. The Morgan fingerprint density at radius 2 is 1.65 bits per heavy atom. The van der Waals surface area contributed by atoms with Crippen LogP contribution in [0, 0.1) is 0 Å². The van der Waals surface area contributed by atoms with E-state index in [0.717, 1.165) is 30.6 Å². The molecule has 0 aliphatic carbocycles. The lowest BCUT2D eigenvalue weighted by Crippen LogP contribution is -2.45. The fourth-order valence-electron chi connectivity index (χ4n) is 3.84. The molecule has 2 aromatic rings. The number of carbonyl (C=O) groups excluding carboxylic acids is 1. The number of halogens is 3. The van der Waals surface area contributed by atoms with Crippen LogP contribution in [0.4, 0.5) is 24.5 Å². The Balaban J connectivity index is 1.35. The lowest BCUT2D eigenvalue weighted by Gasteiger charge is -2.34. The number of hydrogen-bond acceptors (Lipinski definition) is 3. The smallest absolute Gasteiger partial charge is 0.371 e. The number of unbranched alkanes of at least 4 members (excludes halogenated alkanes) is 1. The van der Waals surface area contributed by atoms with Crippen molar-refractivity contribution in [3.8, 4) is 0 Å². The van der Waals surface area contributed by atoms with Crippen molar-refractivity contribution >= 4 is 17.3 Å². The number of alkyl halides is 3. The summed E-state index contributed by atoms with van der Waals surface area (Å²) in [4.78, 5) is 14.3. The molecule has 168 valence electrons. The number of nitrogens with one attached hydrogen (secondary N) is 2. The van der Waals surface area contributed by atoms with Gasteiger partial charge in [-0.3, -0.25) is 4.79 Å². The minimum atomic E-state index is -4.17. The molecule has 1 fully saturated rings. The maximum absolute atomic E-state index is 12.3. The van der Waals surface area contributed by atoms with E-state index in [9.17, 15) is 18.0 Å². The van der Waals surface area contributed by atoms with Gasteiger partial charge in [-0.25, -0.2) is 0 Å². The zero-order chi connectivity index (χ0) is 22.1. The first-order valence-corrected chi connectivity index (χ1v) is 10.9. The van der Waals surface area contributed by atoms with Crippen molar-refractivity contribution in [1.29, 1.82) is 0 Å². The van der Waals surface area contributed by atoms with Gasteiger partial charge in [-0.05, 0) is 61.9 Å². The summed E-state index contributed by atoms with van der Waals surface area (Å²) >= 11 is 0. The van der Waals surface area contributed by atoms with Gasteiger partial charge in [-0.1, -0.05) is 30.3 Å². The summed E-state index contributed by atoms with van der Waals surface area (Å²) in [5.74, 6) is 0.0114. The molecule has 0 saturated carbocycles. The number of amides is 1. The van der Waals surface area contributed by atoms with E-state index in [1.165, 1.54) is 5.56 Å². The standard InChI is InChI=1S/C24H30F3N3O/c25-24(26,27)18-28-20-14-16-30(17-15-20)22-12-10-21(11-13-22)29-23(31)9-5-4-8-19-6-2-1-3-7-19/h1-3,6-7,10-13,20,28H,4-5,8-9,14-18H2,(H,29,31). The molecule has 4 nitrogen and oxygen atoms in total. The predicted molar refractivity (Wildman–Crippen MR) is 118 cm³/mol. The molecular weight excluding hydrogens is 403 g/mol. The monoisotopic (exact) mass is 433 g/mol. The number of carbonyl (C=O) groups is 1. The lowest BCUT2D eigenvalue weighted by atomic mass is 10.0. The normalized spacial score (nSPS) is 15.1. The summed E-state index contributed by atoms with van der Waals surface area (Å²) in [6.45, 7) is 0.490. The highest BCUT2D eigenvalue weighted by Crippen LogP contribution is 2.23. The zero-order valence-corrected chi connectivity index (χ0v) is 17.6. The predicted octanol–water partition coefficient (Wildman–Crippen LogP) is 5.16. The van der Waals surface area contributed by atoms with Gasteiger partial charge in [-0.2, -0.15) is 13.2 Å². The minimum Gasteiger partial charge on any atom is -0.371 e. The molecule has 2 N–H and O–H groups in total. The Morgan fingerprint density at radius 1 is 0.968 bits per heavy atom. The van der Waals surface area contributed by atoms with E-state index < -0.39 is 12.7 Å². The van der Waals surface area contributed by atoms with Gasteiger partial charge in [0.15, 0.2) is 0 Å². The first kappa shape index (κ1) is 23.1. The Hall–Kier alpha value is -2.54. The minimum absolute atomic E-state index is 0.0114. The number of anilines is 2. The number of nitrogens with zero attached hydrogens (tertiary/aromatic N) is 1. The molecule has 0 unspecified atom stereocenters. The summed E-state index contributed by atoms with van der Waals surface area (Å²) in [5, 5.41) is 5.53. The van der Waals surface area contributed by atoms with Gasteiger partial charge in [0.25, 0.3) is 0 Å². The summed E-state index contributed by atoms with van der Waals surface area (Å²) in [6.07, 6.45) is 0.479. The summed E-state index contributed by atoms with van der Waals surface area (Å²) in [6, 6.07) is 17.8. The molecule has 1 aliphatic heterocycles. The van der Waals surface area contributed by atoms with Crippen LogP contribution in [0.2, 0.25) is 0 Å². The number of aryl methyl sites for hydroxylation is 1. The molecule has 3 rings (SSSR count). The van der Waals surface area contributed by atoms with Crippen LogP contribution >= 0.6 is 0 Å². The third kappa shape index (κ3) is 8.25. The maximum Gasteiger partial charge on any atom is 0.401 e. The molecule has 0 atom stereocenters. The zero-order valence-electron chi connectivity index (χ0n) is 17.6.